The summed E-state index contributed by atoms with van der Waals surface area (Å²) >= 11 is 3.30. The van der Waals surface area contributed by atoms with E-state index in [9.17, 15) is 4.39 Å². The first-order valence-electron chi connectivity index (χ1n) is 6.10. The number of nitrogens with zero attached hydrogens (tertiary/aromatic N) is 3. The maximum atomic E-state index is 13.9. The summed E-state index contributed by atoms with van der Waals surface area (Å²) in [6.45, 7) is 0.860. The highest BCUT2D eigenvalue weighted by molar-refractivity contribution is 9.10. The van der Waals surface area contributed by atoms with Gasteiger partial charge in [-0.25, -0.2) is 14.1 Å². The molecule has 3 rings (SSSR count). The number of benzene rings is 1. The number of aryl methyl sites for hydroxylation is 1. The van der Waals surface area contributed by atoms with Gasteiger partial charge in [-0.1, -0.05) is 24.6 Å². The van der Waals surface area contributed by atoms with Crippen LogP contribution in [0.2, 0.25) is 0 Å². The minimum Gasteiger partial charge on any atom is -0.248 e. The fraction of sp³-hybridized carbons (Fsp3) is 0.385. The summed E-state index contributed by atoms with van der Waals surface area (Å²) in [6, 6.07) is 6.95. The number of fused-ring (bicyclic) bond motifs is 1. The highest BCUT2D eigenvalue weighted by Crippen LogP contribution is 2.33. The van der Waals surface area contributed by atoms with Crippen LogP contribution < -0.4 is 0 Å². The quantitative estimate of drug-likeness (QED) is 0.807. The zero-order valence-corrected chi connectivity index (χ0v) is 11.4. The molecule has 0 amide bonds. The number of hydrogen-bond acceptors (Lipinski definition) is 2. The van der Waals surface area contributed by atoms with Crippen molar-refractivity contribution in [1.29, 1.82) is 0 Å². The molecule has 3 nitrogen and oxygen atoms in total. The van der Waals surface area contributed by atoms with E-state index in [1.165, 1.54) is 6.07 Å². The molecule has 1 unspecified atom stereocenters. The first-order valence-corrected chi connectivity index (χ1v) is 6.89. The average Bonchev–Trinajstić information content (AvgIpc) is 2.62. The number of hydrogen-bond donors (Lipinski definition) is 0. The minimum atomic E-state index is -0.157. The van der Waals surface area contributed by atoms with E-state index in [0.29, 0.717) is 4.73 Å². The second kappa shape index (κ2) is 4.80. The van der Waals surface area contributed by atoms with Crippen LogP contribution in [0.3, 0.4) is 0 Å². The zero-order valence-electron chi connectivity index (χ0n) is 9.81. The molecule has 1 atom stereocenters. The second-order valence-corrected chi connectivity index (χ2v) is 5.24. The number of aromatic nitrogens is 3. The molecule has 0 fully saturated rings. The Morgan fingerprint density at radius 1 is 1.28 bits per heavy atom. The SMILES string of the molecule is Fc1ccccc1C1CCCCn2nc(Br)nc21. The third-order valence-corrected chi connectivity index (χ3v) is 3.72. The van der Waals surface area contributed by atoms with Crippen molar-refractivity contribution in [1.82, 2.24) is 14.8 Å². The molecule has 0 aliphatic carbocycles. The van der Waals surface area contributed by atoms with E-state index < -0.39 is 0 Å². The third-order valence-electron chi connectivity index (χ3n) is 3.38. The van der Waals surface area contributed by atoms with Crippen molar-refractivity contribution in [3.05, 3.63) is 46.2 Å². The summed E-state index contributed by atoms with van der Waals surface area (Å²) < 4.78 is 16.4. The lowest BCUT2D eigenvalue weighted by Gasteiger charge is -2.14. The molecule has 0 saturated heterocycles. The van der Waals surface area contributed by atoms with Crippen molar-refractivity contribution in [2.24, 2.45) is 0 Å². The van der Waals surface area contributed by atoms with Gasteiger partial charge in [-0.15, -0.1) is 5.10 Å². The van der Waals surface area contributed by atoms with Gasteiger partial charge < -0.3 is 0 Å². The maximum Gasteiger partial charge on any atom is 0.217 e. The summed E-state index contributed by atoms with van der Waals surface area (Å²) in [5.74, 6) is 0.715. The Morgan fingerprint density at radius 2 is 2.11 bits per heavy atom. The fourth-order valence-corrected chi connectivity index (χ4v) is 2.91. The summed E-state index contributed by atoms with van der Waals surface area (Å²) in [5.41, 5.74) is 0.723. The Labute approximate surface area is 113 Å². The molecule has 2 aromatic rings. The highest BCUT2D eigenvalue weighted by atomic mass is 79.9. The zero-order chi connectivity index (χ0) is 12.5. The summed E-state index contributed by atoms with van der Waals surface area (Å²) in [5, 5.41) is 4.32. The first-order chi connectivity index (χ1) is 8.75. The first kappa shape index (κ1) is 11.8. The van der Waals surface area contributed by atoms with Gasteiger partial charge in [0, 0.05) is 12.5 Å². The van der Waals surface area contributed by atoms with Gasteiger partial charge in [-0.2, -0.15) is 0 Å². The molecule has 0 bridgehead atoms. The molecule has 2 heterocycles. The van der Waals surface area contributed by atoms with Gasteiger partial charge in [0.1, 0.15) is 11.6 Å². The summed E-state index contributed by atoms with van der Waals surface area (Å²) in [4.78, 5) is 4.41. The van der Waals surface area contributed by atoms with Crippen molar-refractivity contribution in [2.75, 3.05) is 0 Å². The van der Waals surface area contributed by atoms with Crippen molar-refractivity contribution in [2.45, 2.75) is 31.7 Å². The Hall–Kier alpha value is -1.23. The Balaban J connectivity index is 2.09. The second-order valence-electron chi connectivity index (χ2n) is 4.53. The van der Waals surface area contributed by atoms with E-state index in [4.69, 9.17) is 0 Å². The van der Waals surface area contributed by atoms with Gasteiger partial charge in [0.25, 0.3) is 0 Å². The summed E-state index contributed by atoms with van der Waals surface area (Å²) in [7, 11) is 0. The lowest BCUT2D eigenvalue weighted by Crippen LogP contribution is -2.09. The van der Waals surface area contributed by atoms with E-state index in [2.05, 4.69) is 26.0 Å². The van der Waals surface area contributed by atoms with Crippen LogP contribution in [0.5, 0.6) is 0 Å². The van der Waals surface area contributed by atoms with Crippen LogP contribution in [0.4, 0.5) is 4.39 Å². The van der Waals surface area contributed by atoms with E-state index in [1.807, 2.05) is 16.8 Å². The summed E-state index contributed by atoms with van der Waals surface area (Å²) in [6.07, 6.45) is 3.06. The van der Waals surface area contributed by atoms with Crippen LogP contribution in [0.1, 0.15) is 36.6 Å². The van der Waals surface area contributed by atoms with Crippen LogP contribution >= 0.6 is 15.9 Å². The van der Waals surface area contributed by atoms with Gasteiger partial charge in [0.15, 0.2) is 0 Å². The van der Waals surface area contributed by atoms with E-state index >= 15 is 0 Å². The Kier molecular flexibility index (Phi) is 3.16. The van der Waals surface area contributed by atoms with Gasteiger partial charge in [0.2, 0.25) is 4.73 Å². The molecule has 1 aliphatic heterocycles. The van der Waals surface area contributed by atoms with E-state index in [0.717, 1.165) is 37.2 Å². The standard InChI is InChI=1S/C13H13BrFN3/c14-13-16-12-10(6-3-4-8-18(12)17-13)9-5-1-2-7-11(9)15/h1-2,5,7,10H,3-4,6,8H2. The van der Waals surface area contributed by atoms with Crippen LogP contribution in [-0.2, 0) is 6.54 Å². The maximum absolute atomic E-state index is 13.9. The Bertz CT molecular complexity index is 567. The number of halogens is 2. The van der Waals surface area contributed by atoms with Crippen LogP contribution in [0, 0.1) is 5.82 Å². The molecule has 0 N–H and O–H groups in total. The van der Waals surface area contributed by atoms with Crippen molar-refractivity contribution < 1.29 is 4.39 Å². The molecule has 0 spiro atoms. The topological polar surface area (TPSA) is 30.7 Å². The molecule has 0 saturated carbocycles. The largest absolute Gasteiger partial charge is 0.248 e. The molecule has 1 aromatic carbocycles. The highest BCUT2D eigenvalue weighted by Gasteiger charge is 2.25. The van der Waals surface area contributed by atoms with E-state index in [1.54, 1.807) is 6.07 Å². The van der Waals surface area contributed by atoms with Crippen molar-refractivity contribution >= 4 is 15.9 Å². The van der Waals surface area contributed by atoms with Crippen molar-refractivity contribution in [3.63, 3.8) is 0 Å². The minimum absolute atomic E-state index is 0.00694. The lowest BCUT2D eigenvalue weighted by molar-refractivity contribution is 0.567. The van der Waals surface area contributed by atoms with Crippen LogP contribution in [-0.4, -0.2) is 14.8 Å². The van der Waals surface area contributed by atoms with Crippen LogP contribution in [0.15, 0.2) is 29.0 Å². The smallest absolute Gasteiger partial charge is 0.217 e. The third kappa shape index (κ3) is 2.07. The van der Waals surface area contributed by atoms with Gasteiger partial charge in [0.05, 0.1) is 0 Å². The molecular formula is C13H13BrFN3. The van der Waals surface area contributed by atoms with Crippen LogP contribution in [0.25, 0.3) is 0 Å². The van der Waals surface area contributed by atoms with Gasteiger partial charge >= 0.3 is 0 Å². The van der Waals surface area contributed by atoms with Crippen molar-refractivity contribution in [3.8, 4) is 0 Å². The predicted molar refractivity (Wildman–Crippen MR) is 69.8 cm³/mol. The normalized spacial score (nSPS) is 19.3. The number of rotatable bonds is 1. The Morgan fingerprint density at radius 3 is 2.94 bits per heavy atom. The molecule has 1 aliphatic rings. The average molecular weight is 310 g/mol. The fourth-order valence-electron chi connectivity index (χ4n) is 2.54. The molecule has 0 radical (unpaired) electrons. The monoisotopic (exact) mass is 309 g/mol. The molecule has 94 valence electrons. The van der Waals surface area contributed by atoms with Gasteiger partial charge in [-0.3, -0.25) is 0 Å². The molecule has 5 heteroatoms. The molecule has 1 aromatic heterocycles. The predicted octanol–water partition coefficient (Wildman–Crippen LogP) is 3.50. The van der Waals surface area contributed by atoms with E-state index in [-0.39, 0.29) is 11.7 Å². The lowest BCUT2D eigenvalue weighted by atomic mass is 9.93. The van der Waals surface area contributed by atoms with Gasteiger partial charge in [-0.05, 0) is 40.4 Å². The molecule has 18 heavy (non-hydrogen) atoms. The molecular weight excluding hydrogens is 297 g/mol.